The summed E-state index contributed by atoms with van der Waals surface area (Å²) in [5, 5.41) is 2.54. The van der Waals surface area contributed by atoms with Gasteiger partial charge in [-0.2, -0.15) is 0 Å². The van der Waals surface area contributed by atoms with Gasteiger partial charge in [-0.15, -0.1) is 0 Å². The van der Waals surface area contributed by atoms with Gasteiger partial charge in [0, 0.05) is 39.3 Å². The third-order valence-corrected chi connectivity index (χ3v) is 13.0. The first-order valence-electron chi connectivity index (χ1n) is 23.1. The van der Waals surface area contributed by atoms with E-state index in [9.17, 15) is 0 Å². The standard InChI is InChI=1S/C61H61N3O/c1-38(2)51-36-47(64-56-24-15-12-21-48(56)49-22-13-16-25-57(49)64)37-52(39(3)4)59(51)42-27-28-62-53(32-42)40-19-18-20-41(29-40)54-33-44(34-55(63-54)50-23-14-17-26-58(50)65-11)43-30-45(60(5,6)7)35-46(31-43)61(8,9)10/h12-39H,1-11H3. The number of hydrogen-bond acceptors (Lipinski definition) is 3. The molecule has 0 radical (unpaired) electrons. The van der Waals surface area contributed by atoms with Crippen LogP contribution < -0.4 is 4.74 Å². The summed E-state index contributed by atoms with van der Waals surface area (Å²) < 4.78 is 8.35. The minimum absolute atomic E-state index is 0.0204. The van der Waals surface area contributed by atoms with E-state index in [0.29, 0.717) is 0 Å². The second-order valence-electron chi connectivity index (χ2n) is 20.3. The fraction of sp³-hybridized carbons (Fsp3) is 0.246. The molecule has 0 aliphatic heterocycles. The van der Waals surface area contributed by atoms with Crippen molar-refractivity contribution in [3.8, 4) is 67.5 Å². The van der Waals surface area contributed by atoms with Gasteiger partial charge < -0.3 is 9.30 Å². The van der Waals surface area contributed by atoms with Crippen LogP contribution in [0.25, 0.3) is 83.5 Å². The number of ether oxygens (including phenoxy) is 1. The van der Waals surface area contributed by atoms with Gasteiger partial charge >= 0.3 is 0 Å². The van der Waals surface area contributed by atoms with Crippen LogP contribution in [-0.4, -0.2) is 21.6 Å². The third kappa shape index (κ3) is 8.39. The molecule has 4 heteroatoms. The minimum Gasteiger partial charge on any atom is -0.496 e. The number of hydrogen-bond donors (Lipinski definition) is 0. The molecule has 9 aromatic rings. The Morgan fingerprint density at radius 2 is 1.00 bits per heavy atom. The molecule has 65 heavy (non-hydrogen) atoms. The molecule has 0 saturated carbocycles. The highest BCUT2D eigenvalue weighted by Gasteiger charge is 2.24. The Labute approximate surface area is 386 Å². The highest BCUT2D eigenvalue weighted by molar-refractivity contribution is 6.09. The van der Waals surface area contributed by atoms with Crippen LogP contribution in [0.5, 0.6) is 5.75 Å². The molecule has 6 aromatic carbocycles. The molecule has 4 nitrogen and oxygen atoms in total. The summed E-state index contributed by atoms with van der Waals surface area (Å²) in [4.78, 5) is 10.4. The molecule has 0 fully saturated rings. The Hall–Kier alpha value is -6.78. The van der Waals surface area contributed by atoms with Crippen molar-refractivity contribution in [1.82, 2.24) is 14.5 Å². The predicted octanol–water partition coefficient (Wildman–Crippen LogP) is 16.8. The fourth-order valence-corrected chi connectivity index (χ4v) is 9.33. The lowest BCUT2D eigenvalue weighted by Gasteiger charge is -2.26. The van der Waals surface area contributed by atoms with Gasteiger partial charge in [0.2, 0.25) is 0 Å². The normalized spacial score (nSPS) is 12.2. The van der Waals surface area contributed by atoms with Gasteiger partial charge in [-0.05, 0) is 134 Å². The SMILES string of the molecule is COc1ccccc1-c1cc(-c2cc(C(C)(C)C)cc(C(C)(C)C)c2)cc(-c2cccc(-c3cc(-c4c(C(C)C)cc(-n5c6ccccc6c6ccccc65)cc4C(C)C)ccn3)c2)n1. The van der Waals surface area contributed by atoms with Crippen molar-refractivity contribution in [3.63, 3.8) is 0 Å². The third-order valence-electron chi connectivity index (χ3n) is 13.0. The van der Waals surface area contributed by atoms with Crippen LogP contribution in [0.3, 0.4) is 0 Å². The molecule has 9 rings (SSSR count). The number of rotatable bonds is 9. The van der Waals surface area contributed by atoms with E-state index < -0.39 is 0 Å². The fourth-order valence-electron chi connectivity index (χ4n) is 9.33. The van der Waals surface area contributed by atoms with Crippen molar-refractivity contribution in [3.05, 3.63) is 180 Å². The lowest BCUT2D eigenvalue weighted by atomic mass is 9.79. The maximum absolute atomic E-state index is 5.90. The molecule has 0 spiro atoms. The van der Waals surface area contributed by atoms with E-state index in [4.69, 9.17) is 14.7 Å². The van der Waals surface area contributed by atoms with Crippen molar-refractivity contribution in [2.75, 3.05) is 7.11 Å². The number of methoxy groups -OCH3 is 1. The van der Waals surface area contributed by atoms with Crippen molar-refractivity contribution < 1.29 is 4.74 Å². The van der Waals surface area contributed by atoms with Crippen LogP contribution in [-0.2, 0) is 10.8 Å². The molecular weight excluding hydrogens is 791 g/mol. The smallest absolute Gasteiger partial charge is 0.128 e. The highest BCUT2D eigenvalue weighted by atomic mass is 16.5. The van der Waals surface area contributed by atoms with E-state index in [0.717, 1.165) is 45.1 Å². The summed E-state index contributed by atoms with van der Waals surface area (Å²) in [6.07, 6.45) is 1.97. The van der Waals surface area contributed by atoms with E-state index >= 15 is 0 Å². The maximum Gasteiger partial charge on any atom is 0.128 e. The Morgan fingerprint density at radius 3 is 1.58 bits per heavy atom. The molecule has 0 unspecified atom stereocenters. The van der Waals surface area contributed by atoms with Crippen molar-refractivity contribution in [2.24, 2.45) is 0 Å². The van der Waals surface area contributed by atoms with Gasteiger partial charge in [0.05, 0.1) is 35.2 Å². The minimum atomic E-state index is -0.0204. The molecule has 0 aliphatic carbocycles. The summed E-state index contributed by atoms with van der Waals surface area (Å²) in [6, 6.07) is 55.3. The molecule has 0 aliphatic rings. The Kier molecular flexibility index (Phi) is 11.4. The van der Waals surface area contributed by atoms with Gasteiger partial charge in [-0.1, -0.05) is 154 Å². The predicted molar refractivity (Wildman–Crippen MR) is 276 cm³/mol. The number of pyridine rings is 2. The Balaban J connectivity index is 1.18. The van der Waals surface area contributed by atoms with Crippen LogP contribution >= 0.6 is 0 Å². The van der Waals surface area contributed by atoms with Crippen LogP contribution in [0.15, 0.2) is 158 Å². The summed E-state index contributed by atoms with van der Waals surface area (Å²) in [5.41, 5.74) is 19.4. The lowest BCUT2D eigenvalue weighted by molar-refractivity contribution is 0.416. The van der Waals surface area contributed by atoms with Crippen molar-refractivity contribution in [2.45, 2.75) is 91.9 Å². The van der Waals surface area contributed by atoms with Crippen LogP contribution in [0.1, 0.15) is 103 Å². The molecule has 3 aromatic heterocycles. The second-order valence-corrected chi connectivity index (χ2v) is 20.3. The van der Waals surface area contributed by atoms with Crippen molar-refractivity contribution in [1.29, 1.82) is 0 Å². The first-order valence-corrected chi connectivity index (χ1v) is 23.1. The Morgan fingerprint density at radius 1 is 0.477 bits per heavy atom. The van der Waals surface area contributed by atoms with Crippen LogP contribution in [0.2, 0.25) is 0 Å². The molecule has 0 N–H and O–H groups in total. The summed E-state index contributed by atoms with van der Waals surface area (Å²) in [6.45, 7) is 23.0. The van der Waals surface area contributed by atoms with Gasteiger partial charge in [0.15, 0.2) is 0 Å². The van der Waals surface area contributed by atoms with Gasteiger partial charge in [-0.3, -0.25) is 4.98 Å². The lowest BCUT2D eigenvalue weighted by Crippen LogP contribution is -2.16. The highest BCUT2D eigenvalue weighted by Crippen LogP contribution is 2.43. The monoisotopic (exact) mass is 851 g/mol. The first-order chi connectivity index (χ1) is 31.1. The average Bonchev–Trinajstić information content (AvgIpc) is 3.64. The number of aromatic nitrogens is 3. The van der Waals surface area contributed by atoms with E-state index in [1.807, 2.05) is 18.3 Å². The molecular formula is C61H61N3O. The van der Waals surface area contributed by atoms with Gasteiger partial charge in [0.25, 0.3) is 0 Å². The molecule has 0 saturated heterocycles. The Bertz CT molecular complexity index is 3110. The number of para-hydroxylation sites is 3. The van der Waals surface area contributed by atoms with Gasteiger partial charge in [0.1, 0.15) is 5.75 Å². The quantitative estimate of drug-likeness (QED) is 0.145. The number of benzene rings is 6. The summed E-state index contributed by atoms with van der Waals surface area (Å²) in [7, 11) is 1.73. The first kappa shape index (κ1) is 43.5. The van der Waals surface area contributed by atoms with Gasteiger partial charge in [-0.25, -0.2) is 4.98 Å². The largest absolute Gasteiger partial charge is 0.496 e. The van der Waals surface area contributed by atoms with Crippen LogP contribution in [0, 0.1) is 0 Å². The average molecular weight is 852 g/mol. The van der Waals surface area contributed by atoms with E-state index in [2.05, 4.69) is 213 Å². The molecule has 0 atom stereocenters. The molecule has 326 valence electrons. The zero-order valence-electron chi connectivity index (χ0n) is 39.9. The topological polar surface area (TPSA) is 39.9 Å². The molecule has 0 amide bonds. The van der Waals surface area contributed by atoms with Crippen molar-refractivity contribution >= 4 is 21.8 Å². The molecule has 3 heterocycles. The maximum atomic E-state index is 5.90. The van der Waals surface area contributed by atoms with E-state index in [-0.39, 0.29) is 22.7 Å². The summed E-state index contributed by atoms with van der Waals surface area (Å²) in [5.74, 6) is 1.37. The zero-order valence-corrected chi connectivity index (χ0v) is 39.9. The summed E-state index contributed by atoms with van der Waals surface area (Å²) >= 11 is 0. The number of fused-ring (bicyclic) bond motifs is 3. The second kappa shape index (κ2) is 17.0. The molecule has 0 bridgehead atoms. The zero-order chi connectivity index (χ0) is 45.8. The van der Waals surface area contributed by atoms with E-state index in [1.54, 1.807) is 7.11 Å². The van der Waals surface area contributed by atoms with Crippen LogP contribution in [0.4, 0.5) is 0 Å². The van der Waals surface area contributed by atoms with E-state index in [1.165, 1.54) is 66.4 Å². The number of nitrogens with zero attached hydrogens (tertiary/aromatic N) is 3.